The van der Waals surface area contributed by atoms with Gasteiger partial charge in [-0.3, -0.25) is 0 Å². The Morgan fingerprint density at radius 2 is 1.94 bits per heavy atom. The first-order valence-electron chi connectivity index (χ1n) is 6.63. The van der Waals surface area contributed by atoms with Gasteiger partial charge in [-0.05, 0) is 30.7 Å². The number of rotatable bonds is 1. The van der Waals surface area contributed by atoms with Crippen molar-refractivity contribution in [3.8, 4) is 5.75 Å². The van der Waals surface area contributed by atoms with E-state index < -0.39 is 0 Å². The van der Waals surface area contributed by atoms with Crippen LogP contribution < -0.4 is 10.5 Å². The smallest absolute Gasteiger partial charge is 0.124 e. The molecule has 0 bridgehead atoms. The predicted molar refractivity (Wildman–Crippen MR) is 68.9 cm³/mol. The Morgan fingerprint density at radius 1 is 1.24 bits per heavy atom. The highest BCUT2D eigenvalue weighted by Gasteiger charge is 2.50. The van der Waals surface area contributed by atoms with Gasteiger partial charge in [0.15, 0.2) is 0 Å². The van der Waals surface area contributed by atoms with Gasteiger partial charge in [0.2, 0.25) is 0 Å². The molecule has 1 aromatic rings. The third-order valence-corrected chi connectivity index (χ3v) is 4.45. The van der Waals surface area contributed by atoms with E-state index in [1.54, 1.807) is 0 Å². The molecule has 1 aliphatic carbocycles. The van der Waals surface area contributed by atoms with Gasteiger partial charge < -0.3 is 10.5 Å². The zero-order valence-electron chi connectivity index (χ0n) is 10.6. The van der Waals surface area contributed by atoms with Gasteiger partial charge in [-0.25, -0.2) is 0 Å². The van der Waals surface area contributed by atoms with E-state index in [-0.39, 0.29) is 11.6 Å². The molecule has 2 nitrogen and oxygen atoms in total. The summed E-state index contributed by atoms with van der Waals surface area (Å²) in [5, 5.41) is 0. The zero-order chi connectivity index (χ0) is 12.0. The van der Waals surface area contributed by atoms with Crippen molar-refractivity contribution < 1.29 is 4.74 Å². The standard InChI is InChI=1S/C15H21NO/c1-10(2)11-7-15(8-11)9-13(16)12-5-3-4-6-14(12)17-15/h3-6,10-11,13H,7-9,16H2,1-2H3. The first kappa shape index (κ1) is 11.1. The Labute approximate surface area is 103 Å². The minimum absolute atomic E-state index is 0.0444. The van der Waals surface area contributed by atoms with Crippen molar-refractivity contribution in [3.63, 3.8) is 0 Å². The Morgan fingerprint density at radius 3 is 2.65 bits per heavy atom. The molecule has 1 aliphatic heterocycles. The largest absolute Gasteiger partial charge is 0.487 e. The van der Waals surface area contributed by atoms with Crippen LogP contribution in [0.2, 0.25) is 0 Å². The molecule has 1 heterocycles. The van der Waals surface area contributed by atoms with Gasteiger partial charge in [0.05, 0.1) is 0 Å². The molecular formula is C15H21NO. The second kappa shape index (κ2) is 3.74. The van der Waals surface area contributed by atoms with Gasteiger partial charge in [0, 0.05) is 18.0 Å². The van der Waals surface area contributed by atoms with Crippen LogP contribution >= 0.6 is 0 Å². The third kappa shape index (κ3) is 1.75. The van der Waals surface area contributed by atoms with Crippen LogP contribution in [0.25, 0.3) is 0 Å². The quantitative estimate of drug-likeness (QED) is 0.805. The monoisotopic (exact) mass is 231 g/mol. The Hall–Kier alpha value is -1.02. The number of benzene rings is 1. The molecule has 1 spiro atoms. The highest BCUT2D eigenvalue weighted by Crippen LogP contribution is 2.52. The van der Waals surface area contributed by atoms with Crippen molar-refractivity contribution in [2.75, 3.05) is 0 Å². The number of ether oxygens (including phenoxy) is 1. The summed E-state index contributed by atoms with van der Waals surface area (Å²) >= 11 is 0. The van der Waals surface area contributed by atoms with Crippen molar-refractivity contribution >= 4 is 0 Å². The van der Waals surface area contributed by atoms with Crippen molar-refractivity contribution in [2.45, 2.75) is 44.8 Å². The molecule has 1 saturated carbocycles. The second-order valence-corrected chi connectivity index (χ2v) is 6.05. The lowest BCUT2D eigenvalue weighted by Crippen LogP contribution is -2.53. The zero-order valence-corrected chi connectivity index (χ0v) is 10.6. The van der Waals surface area contributed by atoms with Crippen molar-refractivity contribution in [3.05, 3.63) is 29.8 Å². The van der Waals surface area contributed by atoms with Crippen molar-refractivity contribution in [1.29, 1.82) is 0 Å². The molecule has 1 fully saturated rings. The van der Waals surface area contributed by atoms with Crippen molar-refractivity contribution in [1.82, 2.24) is 0 Å². The summed E-state index contributed by atoms with van der Waals surface area (Å²) < 4.78 is 6.23. The summed E-state index contributed by atoms with van der Waals surface area (Å²) in [5.74, 6) is 2.58. The predicted octanol–water partition coefficient (Wildman–Crippen LogP) is 3.27. The van der Waals surface area contributed by atoms with E-state index in [1.165, 1.54) is 18.4 Å². The number of hydrogen-bond donors (Lipinski definition) is 1. The van der Waals surface area contributed by atoms with E-state index >= 15 is 0 Å². The van der Waals surface area contributed by atoms with Crippen LogP contribution in [-0.2, 0) is 0 Å². The molecule has 92 valence electrons. The first-order chi connectivity index (χ1) is 8.10. The fraction of sp³-hybridized carbons (Fsp3) is 0.600. The molecule has 1 aromatic carbocycles. The van der Waals surface area contributed by atoms with Gasteiger partial charge in [0.1, 0.15) is 11.4 Å². The normalized spacial score (nSPS) is 35.3. The minimum atomic E-state index is 0.0444. The van der Waals surface area contributed by atoms with Crippen LogP contribution in [0.4, 0.5) is 0 Å². The number of para-hydroxylation sites is 1. The molecule has 0 radical (unpaired) electrons. The highest BCUT2D eigenvalue weighted by molar-refractivity contribution is 5.39. The lowest BCUT2D eigenvalue weighted by atomic mass is 9.62. The third-order valence-electron chi connectivity index (χ3n) is 4.45. The minimum Gasteiger partial charge on any atom is -0.487 e. The maximum absolute atomic E-state index is 6.27. The van der Waals surface area contributed by atoms with Crippen LogP contribution in [0.5, 0.6) is 5.75 Å². The Balaban J connectivity index is 1.81. The second-order valence-electron chi connectivity index (χ2n) is 6.05. The molecule has 0 saturated heterocycles. The molecule has 0 amide bonds. The lowest BCUT2D eigenvalue weighted by molar-refractivity contribution is -0.0845. The molecule has 3 rings (SSSR count). The maximum atomic E-state index is 6.27. The Kier molecular flexibility index (Phi) is 2.44. The molecule has 2 heteroatoms. The molecule has 1 unspecified atom stereocenters. The van der Waals surface area contributed by atoms with Crippen LogP contribution in [0.15, 0.2) is 24.3 Å². The molecule has 17 heavy (non-hydrogen) atoms. The number of nitrogens with two attached hydrogens (primary N) is 1. The Bertz CT molecular complexity index is 421. The fourth-order valence-corrected chi connectivity index (χ4v) is 3.28. The number of fused-ring (bicyclic) bond motifs is 1. The van der Waals surface area contributed by atoms with Gasteiger partial charge in [-0.2, -0.15) is 0 Å². The molecule has 2 N–H and O–H groups in total. The van der Waals surface area contributed by atoms with Crippen LogP contribution in [0, 0.1) is 11.8 Å². The van der Waals surface area contributed by atoms with Gasteiger partial charge in [0.25, 0.3) is 0 Å². The van der Waals surface area contributed by atoms with Gasteiger partial charge in [-0.15, -0.1) is 0 Å². The highest BCUT2D eigenvalue weighted by atomic mass is 16.5. The van der Waals surface area contributed by atoms with E-state index in [4.69, 9.17) is 10.5 Å². The van der Waals surface area contributed by atoms with E-state index in [1.807, 2.05) is 12.1 Å². The summed E-state index contributed by atoms with van der Waals surface area (Å²) in [6.45, 7) is 4.60. The summed E-state index contributed by atoms with van der Waals surface area (Å²) in [4.78, 5) is 0. The molecular weight excluding hydrogens is 210 g/mol. The topological polar surface area (TPSA) is 35.2 Å². The summed E-state index contributed by atoms with van der Waals surface area (Å²) in [7, 11) is 0. The van der Waals surface area contributed by atoms with Gasteiger partial charge >= 0.3 is 0 Å². The lowest BCUT2D eigenvalue weighted by Gasteiger charge is -2.52. The van der Waals surface area contributed by atoms with E-state index in [2.05, 4.69) is 26.0 Å². The van der Waals surface area contributed by atoms with E-state index in [0.29, 0.717) is 0 Å². The molecule has 1 atom stereocenters. The number of hydrogen-bond acceptors (Lipinski definition) is 2. The average molecular weight is 231 g/mol. The molecule has 2 aliphatic rings. The summed E-state index contributed by atoms with van der Waals surface area (Å²) in [6, 6.07) is 8.36. The van der Waals surface area contributed by atoms with Crippen LogP contribution in [0.1, 0.15) is 44.7 Å². The van der Waals surface area contributed by atoms with Crippen LogP contribution in [0.3, 0.4) is 0 Å². The van der Waals surface area contributed by atoms with Crippen molar-refractivity contribution in [2.24, 2.45) is 17.6 Å². The SMILES string of the molecule is CC(C)C1CC2(CC(N)c3ccccc3O2)C1. The summed E-state index contributed by atoms with van der Waals surface area (Å²) in [5.41, 5.74) is 7.49. The first-order valence-corrected chi connectivity index (χ1v) is 6.63. The summed E-state index contributed by atoms with van der Waals surface area (Å²) in [6.07, 6.45) is 3.33. The fourth-order valence-electron chi connectivity index (χ4n) is 3.28. The molecule has 0 aromatic heterocycles. The van der Waals surface area contributed by atoms with Crippen LogP contribution in [-0.4, -0.2) is 5.60 Å². The maximum Gasteiger partial charge on any atom is 0.124 e. The van der Waals surface area contributed by atoms with E-state index in [0.717, 1.165) is 24.0 Å². The average Bonchev–Trinajstić information content (AvgIpc) is 2.25. The van der Waals surface area contributed by atoms with Gasteiger partial charge in [-0.1, -0.05) is 32.0 Å². The van der Waals surface area contributed by atoms with E-state index in [9.17, 15) is 0 Å².